The summed E-state index contributed by atoms with van der Waals surface area (Å²) in [7, 11) is -3.44. The number of carbonyl (C=O) groups is 2. The van der Waals surface area contributed by atoms with Crippen LogP contribution in [0.15, 0.2) is 90.5 Å². The van der Waals surface area contributed by atoms with Gasteiger partial charge in [-0.3, -0.25) is 19.5 Å². The number of hydrogen-bond acceptors (Lipinski definition) is 6. The Hall–Kier alpha value is -4.31. The summed E-state index contributed by atoms with van der Waals surface area (Å²) in [4.78, 5) is 40.9. The van der Waals surface area contributed by atoms with Crippen molar-refractivity contribution in [1.82, 2.24) is 20.3 Å². The van der Waals surface area contributed by atoms with Crippen molar-refractivity contribution in [2.24, 2.45) is 0 Å². The summed E-state index contributed by atoms with van der Waals surface area (Å²) >= 11 is 0. The van der Waals surface area contributed by atoms with Crippen molar-refractivity contribution >= 4 is 27.3 Å². The molecule has 5 rings (SSSR count). The number of carbonyl (C=O) groups excluding carboxylic acids is 2. The number of amides is 2. The Labute approximate surface area is 233 Å². The maximum absolute atomic E-state index is 14.2. The molecular weight excluding hydrogens is 526 g/mol. The van der Waals surface area contributed by atoms with Crippen LogP contribution in [0.25, 0.3) is 0 Å². The van der Waals surface area contributed by atoms with Gasteiger partial charge in [0.05, 0.1) is 23.0 Å². The van der Waals surface area contributed by atoms with Crippen LogP contribution in [0.4, 0.5) is 5.69 Å². The monoisotopic (exact) mass is 557 g/mol. The molecule has 0 spiro atoms. The van der Waals surface area contributed by atoms with Crippen molar-refractivity contribution < 1.29 is 18.0 Å². The summed E-state index contributed by atoms with van der Waals surface area (Å²) in [5.74, 6) is -1.02. The molecule has 1 unspecified atom stereocenters. The molecule has 0 aliphatic carbocycles. The maximum atomic E-state index is 14.2. The Bertz CT molecular complexity index is 1610. The fraction of sp³-hybridized carbons (Fsp3) is 0.267. The normalized spacial score (nSPS) is 16.9. The van der Waals surface area contributed by atoms with Crippen LogP contribution in [0.2, 0.25) is 0 Å². The quantitative estimate of drug-likeness (QED) is 0.359. The minimum Gasteiger partial charge on any atom is -0.350 e. The molecule has 3 heterocycles. The van der Waals surface area contributed by atoms with E-state index in [-0.39, 0.29) is 28.2 Å². The first-order valence-corrected chi connectivity index (χ1v) is 14.7. The molecule has 2 aromatic heterocycles. The predicted molar refractivity (Wildman–Crippen MR) is 152 cm³/mol. The third-order valence-electron chi connectivity index (χ3n) is 7.08. The second-order valence-corrected chi connectivity index (χ2v) is 12.9. The van der Waals surface area contributed by atoms with Crippen LogP contribution in [-0.4, -0.2) is 40.9 Å². The average molecular weight is 558 g/mol. The van der Waals surface area contributed by atoms with Gasteiger partial charge in [-0.05, 0) is 47.2 Å². The molecule has 2 atom stereocenters. The number of aromatic nitrogens is 3. The van der Waals surface area contributed by atoms with Crippen LogP contribution < -0.4 is 10.2 Å². The van der Waals surface area contributed by atoms with Gasteiger partial charge in [0, 0.05) is 29.8 Å². The van der Waals surface area contributed by atoms with Crippen LogP contribution >= 0.6 is 0 Å². The molecule has 0 fully saturated rings. The number of hydrogen-bond donors (Lipinski definition) is 2. The summed E-state index contributed by atoms with van der Waals surface area (Å²) in [6.07, 6.45) is 6.26. The van der Waals surface area contributed by atoms with Crippen molar-refractivity contribution in [1.29, 1.82) is 0 Å². The van der Waals surface area contributed by atoms with Crippen molar-refractivity contribution in [2.75, 3.05) is 10.7 Å². The van der Waals surface area contributed by atoms with E-state index in [4.69, 9.17) is 0 Å². The van der Waals surface area contributed by atoms with Gasteiger partial charge < -0.3 is 10.3 Å². The minimum absolute atomic E-state index is 0.0866. The SMILES string of the molecule is CC(C)(C)c1ccc(N(C(=O)c2c[nH]cn2)C(C(=O)N[C@@H]2CCS(=O)(=O)c3ccccc32)c2cccnc2)cc1. The smallest absolute Gasteiger partial charge is 0.279 e. The van der Waals surface area contributed by atoms with Gasteiger partial charge >= 0.3 is 0 Å². The van der Waals surface area contributed by atoms with E-state index >= 15 is 0 Å². The minimum atomic E-state index is -3.44. The number of imidazole rings is 1. The summed E-state index contributed by atoms with van der Waals surface area (Å²) in [6.45, 7) is 6.30. The molecule has 1 aliphatic rings. The molecule has 1 aliphatic heterocycles. The molecule has 0 bridgehead atoms. The van der Waals surface area contributed by atoms with Crippen molar-refractivity contribution in [2.45, 2.75) is 49.6 Å². The van der Waals surface area contributed by atoms with Gasteiger partial charge in [-0.2, -0.15) is 0 Å². The Morgan fingerprint density at radius 3 is 2.45 bits per heavy atom. The van der Waals surface area contributed by atoms with Gasteiger partial charge in [-0.15, -0.1) is 0 Å². The highest BCUT2D eigenvalue weighted by Crippen LogP contribution is 2.35. The predicted octanol–water partition coefficient (Wildman–Crippen LogP) is 4.53. The summed E-state index contributed by atoms with van der Waals surface area (Å²) in [5, 5.41) is 3.04. The average Bonchev–Trinajstić information content (AvgIpc) is 3.48. The Morgan fingerprint density at radius 1 is 1.05 bits per heavy atom. The largest absolute Gasteiger partial charge is 0.350 e. The molecule has 2 aromatic carbocycles. The summed E-state index contributed by atoms with van der Waals surface area (Å²) in [5.41, 5.74) is 2.66. The number of sulfone groups is 1. The highest BCUT2D eigenvalue weighted by atomic mass is 32.2. The summed E-state index contributed by atoms with van der Waals surface area (Å²) in [6, 6.07) is 16.0. The first kappa shape index (κ1) is 27.3. The lowest BCUT2D eigenvalue weighted by Gasteiger charge is -2.33. The van der Waals surface area contributed by atoms with Crippen LogP contribution in [0.5, 0.6) is 0 Å². The summed E-state index contributed by atoms with van der Waals surface area (Å²) < 4.78 is 25.4. The van der Waals surface area contributed by atoms with Crippen molar-refractivity contribution in [3.63, 3.8) is 0 Å². The van der Waals surface area contributed by atoms with E-state index in [0.29, 0.717) is 16.8 Å². The lowest BCUT2D eigenvalue weighted by atomic mass is 9.87. The number of aromatic amines is 1. The first-order valence-electron chi connectivity index (χ1n) is 13.0. The highest BCUT2D eigenvalue weighted by molar-refractivity contribution is 7.91. The molecule has 4 aromatic rings. The van der Waals surface area contributed by atoms with E-state index in [1.165, 1.54) is 17.4 Å². The number of rotatable bonds is 6. The molecule has 0 saturated carbocycles. The molecule has 0 saturated heterocycles. The standard InChI is InChI=1S/C30H31N5O4S/c1-30(2,3)21-10-12-22(13-11-21)35(29(37)25-18-32-19-33-25)27(20-7-6-15-31-17-20)28(36)34-24-14-16-40(38,39)26-9-5-4-8-23(24)26/h4-13,15,17-19,24,27H,14,16H2,1-3H3,(H,32,33)(H,34,36)/t24-,27?/m1/s1. The van der Waals surface area contributed by atoms with E-state index in [9.17, 15) is 18.0 Å². The fourth-order valence-corrected chi connectivity index (χ4v) is 6.57. The Balaban J connectivity index is 1.59. The first-order chi connectivity index (χ1) is 19.1. The zero-order valence-corrected chi connectivity index (χ0v) is 23.4. The van der Waals surface area contributed by atoms with Gasteiger partial charge in [-0.1, -0.05) is 57.2 Å². The van der Waals surface area contributed by atoms with E-state index in [1.807, 2.05) is 24.3 Å². The molecule has 9 nitrogen and oxygen atoms in total. The number of anilines is 1. The van der Waals surface area contributed by atoms with Crippen LogP contribution in [0, 0.1) is 0 Å². The second kappa shape index (κ2) is 10.7. The number of nitrogens with one attached hydrogen (secondary N) is 2. The van der Waals surface area contributed by atoms with Gasteiger partial charge in [-0.25, -0.2) is 13.4 Å². The highest BCUT2D eigenvalue weighted by Gasteiger charge is 2.37. The zero-order valence-electron chi connectivity index (χ0n) is 22.5. The number of benzene rings is 2. The van der Waals surface area contributed by atoms with E-state index in [2.05, 4.69) is 41.0 Å². The molecule has 10 heteroatoms. The number of fused-ring (bicyclic) bond motifs is 1. The molecule has 0 radical (unpaired) electrons. The van der Waals surface area contributed by atoms with Gasteiger partial charge in [0.15, 0.2) is 9.84 Å². The molecule has 40 heavy (non-hydrogen) atoms. The van der Waals surface area contributed by atoms with Crippen LogP contribution in [-0.2, 0) is 20.0 Å². The number of H-pyrrole nitrogens is 1. The van der Waals surface area contributed by atoms with Gasteiger partial charge in [0.25, 0.3) is 5.91 Å². The van der Waals surface area contributed by atoms with Gasteiger partial charge in [0.2, 0.25) is 5.91 Å². The molecule has 2 N–H and O–H groups in total. The molecule has 206 valence electrons. The maximum Gasteiger partial charge on any atom is 0.279 e. The van der Waals surface area contributed by atoms with E-state index in [1.54, 1.807) is 48.8 Å². The third kappa shape index (κ3) is 5.40. The third-order valence-corrected chi connectivity index (χ3v) is 8.89. The van der Waals surface area contributed by atoms with Gasteiger partial charge in [0.1, 0.15) is 11.7 Å². The van der Waals surface area contributed by atoms with E-state index < -0.39 is 33.7 Å². The fourth-order valence-electron chi connectivity index (χ4n) is 4.95. The van der Waals surface area contributed by atoms with E-state index in [0.717, 1.165) is 5.56 Å². The number of pyridine rings is 1. The molecular formula is C30H31N5O4S. The van der Waals surface area contributed by atoms with Crippen molar-refractivity contribution in [3.05, 3.63) is 108 Å². The lowest BCUT2D eigenvalue weighted by molar-refractivity contribution is -0.123. The van der Waals surface area contributed by atoms with Crippen molar-refractivity contribution in [3.8, 4) is 0 Å². The second-order valence-electron chi connectivity index (χ2n) is 10.8. The Morgan fingerprint density at radius 2 is 1.80 bits per heavy atom. The van der Waals surface area contributed by atoms with Crippen LogP contribution in [0.1, 0.15) is 66.5 Å². The van der Waals surface area contributed by atoms with Crippen LogP contribution in [0.3, 0.4) is 0 Å². The molecule has 2 amide bonds. The lowest BCUT2D eigenvalue weighted by Crippen LogP contribution is -2.46. The Kier molecular flexibility index (Phi) is 7.29. The number of nitrogens with zero attached hydrogens (tertiary/aromatic N) is 3. The zero-order chi connectivity index (χ0) is 28.5. The topological polar surface area (TPSA) is 125 Å².